The first-order chi connectivity index (χ1) is 10.4. The van der Waals surface area contributed by atoms with Crippen LogP contribution in [0.3, 0.4) is 0 Å². The van der Waals surface area contributed by atoms with Crippen LogP contribution in [0, 0.1) is 0 Å². The molecule has 144 valence electrons. The third-order valence-electron chi connectivity index (χ3n) is 5.67. The molecule has 0 rings (SSSR count). The van der Waals surface area contributed by atoms with Crippen LogP contribution in [0.1, 0.15) is 54.9 Å². The van der Waals surface area contributed by atoms with Crippen molar-refractivity contribution in [1.29, 1.82) is 0 Å². The Hall–Kier alpha value is -0.0162. The lowest BCUT2D eigenvalue weighted by atomic mass is 10.1. The van der Waals surface area contributed by atoms with E-state index < -0.39 is 22.7 Å². The molecule has 0 aliphatic rings. The Balaban J connectivity index is 4.56. The molecule has 24 heavy (non-hydrogen) atoms. The molecular weight excluding hydrogens is 336 g/mol. The molecule has 0 aliphatic carbocycles. The highest BCUT2D eigenvalue weighted by Gasteiger charge is 2.40. The van der Waals surface area contributed by atoms with Crippen molar-refractivity contribution >= 4 is 22.4 Å². The number of hydrogen-bond donors (Lipinski definition) is 1. The van der Waals surface area contributed by atoms with Gasteiger partial charge in [-0.2, -0.15) is 0 Å². The van der Waals surface area contributed by atoms with Crippen LogP contribution in [0.5, 0.6) is 0 Å². The largest absolute Gasteiger partial charge is 0.412 e. The van der Waals surface area contributed by atoms with Crippen molar-refractivity contribution in [1.82, 2.24) is 0 Å². The lowest BCUT2D eigenvalue weighted by Gasteiger charge is -2.39. The maximum atomic E-state index is 12.2. The van der Waals surface area contributed by atoms with Crippen molar-refractivity contribution in [3.63, 3.8) is 0 Å². The van der Waals surface area contributed by atoms with E-state index in [4.69, 9.17) is 8.85 Å². The zero-order valence-electron chi connectivity index (χ0n) is 17.7. The summed E-state index contributed by atoms with van der Waals surface area (Å²) in [5.74, 6) is -0.0574. The first kappa shape index (κ1) is 24.0. The Morgan fingerprint density at radius 3 is 1.75 bits per heavy atom. The number of aliphatic hydroxyl groups excluding tert-OH is 1. The summed E-state index contributed by atoms with van der Waals surface area (Å²) in [6.07, 6.45) is -1.04. The number of hydrogen-bond acceptors (Lipinski definition) is 4. The van der Waals surface area contributed by atoms with E-state index in [9.17, 15) is 9.90 Å². The second-order valence-corrected chi connectivity index (χ2v) is 19.5. The number of aliphatic hydroxyl groups is 1. The summed E-state index contributed by atoms with van der Waals surface area (Å²) in [6, 6.07) is 0. The first-order valence-corrected chi connectivity index (χ1v) is 14.7. The Morgan fingerprint density at radius 1 is 0.958 bits per heavy atom. The van der Waals surface area contributed by atoms with Crippen LogP contribution in [-0.2, 0) is 13.6 Å². The maximum absolute atomic E-state index is 12.2. The lowest BCUT2D eigenvalue weighted by Crippen LogP contribution is -2.46. The van der Waals surface area contributed by atoms with Gasteiger partial charge in [0.05, 0.1) is 18.8 Å². The van der Waals surface area contributed by atoms with E-state index in [1.54, 1.807) is 0 Å². The van der Waals surface area contributed by atoms with Gasteiger partial charge in [0.25, 0.3) is 0 Å². The molecule has 0 spiro atoms. The van der Waals surface area contributed by atoms with Gasteiger partial charge >= 0.3 is 0 Å². The molecule has 4 nitrogen and oxygen atoms in total. The summed E-state index contributed by atoms with van der Waals surface area (Å²) in [5.41, 5.74) is 0. The van der Waals surface area contributed by atoms with Crippen LogP contribution in [0.4, 0.5) is 0 Å². The third-order valence-corrected chi connectivity index (χ3v) is 14.7. The van der Waals surface area contributed by atoms with Crippen molar-refractivity contribution in [2.75, 3.05) is 6.61 Å². The smallest absolute Gasteiger partial charge is 0.192 e. The molecule has 0 saturated heterocycles. The predicted molar refractivity (Wildman–Crippen MR) is 107 cm³/mol. The standard InChI is InChI=1S/C18H40O4Si2/c1-14(22-24(10,11)18(5,6)7)16(20)12-15(19)13-21-23(8,9)17(2,3)4/h14,16,20H,12-13H2,1-11H3/t14-,16-/m0/s1. The fraction of sp³-hybridized carbons (Fsp3) is 0.944. The van der Waals surface area contributed by atoms with Gasteiger partial charge < -0.3 is 14.0 Å². The third kappa shape index (κ3) is 7.08. The van der Waals surface area contributed by atoms with Gasteiger partial charge in [-0.15, -0.1) is 0 Å². The van der Waals surface area contributed by atoms with Crippen LogP contribution in [0.15, 0.2) is 0 Å². The molecule has 0 aromatic heterocycles. The number of carbonyl (C=O) groups is 1. The monoisotopic (exact) mass is 376 g/mol. The van der Waals surface area contributed by atoms with E-state index in [2.05, 4.69) is 67.7 Å². The van der Waals surface area contributed by atoms with Crippen LogP contribution < -0.4 is 0 Å². The van der Waals surface area contributed by atoms with Gasteiger partial charge in [-0.05, 0) is 43.2 Å². The molecular formula is C18H40O4Si2. The summed E-state index contributed by atoms with van der Waals surface area (Å²) in [6.45, 7) is 23.4. The Morgan fingerprint density at radius 2 is 1.38 bits per heavy atom. The fourth-order valence-corrected chi connectivity index (χ4v) is 4.05. The molecule has 0 aliphatic heterocycles. The van der Waals surface area contributed by atoms with Crippen LogP contribution >= 0.6 is 0 Å². The summed E-state index contributed by atoms with van der Waals surface area (Å²) in [4.78, 5) is 12.2. The number of carbonyl (C=O) groups excluding carboxylic acids is 1. The quantitative estimate of drug-likeness (QED) is 0.622. The van der Waals surface area contributed by atoms with Crippen molar-refractivity contribution in [2.24, 2.45) is 0 Å². The van der Waals surface area contributed by atoms with E-state index in [0.29, 0.717) is 0 Å². The fourth-order valence-electron chi connectivity index (χ4n) is 1.66. The molecule has 0 radical (unpaired) electrons. The Labute approximate surface area is 151 Å². The predicted octanol–water partition coefficient (Wildman–Crippen LogP) is 4.74. The van der Waals surface area contributed by atoms with E-state index in [1.807, 2.05) is 6.92 Å². The highest BCUT2D eigenvalue weighted by atomic mass is 28.4. The summed E-state index contributed by atoms with van der Waals surface area (Å²) >= 11 is 0. The molecule has 0 aromatic rings. The molecule has 0 unspecified atom stereocenters. The second kappa shape index (κ2) is 8.12. The highest BCUT2D eigenvalue weighted by molar-refractivity contribution is 6.74. The van der Waals surface area contributed by atoms with Crippen molar-refractivity contribution in [2.45, 2.75) is 103 Å². The lowest BCUT2D eigenvalue weighted by molar-refractivity contribution is -0.124. The van der Waals surface area contributed by atoms with Gasteiger partial charge in [0.1, 0.15) is 0 Å². The minimum Gasteiger partial charge on any atom is -0.412 e. The topological polar surface area (TPSA) is 55.8 Å². The summed E-state index contributed by atoms with van der Waals surface area (Å²) in [7, 11) is -3.89. The van der Waals surface area contributed by atoms with E-state index in [-0.39, 0.29) is 35.0 Å². The zero-order valence-corrected chi connectivity index (χ0v) is 19.7. The highest BCUT2D eigenvalue weighted by Crippen LogP contribution is 2.38. The number of rotatable bonds is 8. The van der Waals surface area contributed by atoms with Gasteiger partial charge in [-0.3, -0.25) is 4.79 Å². The van der Waals surface area contributed by atoms with Gasteiger partial charge in [-0.1, -0.05) is 41.5 Å². The molecule has 2 atom stereocenters. The normalized spacial score (nSPS) is 16.8. The molecule has 0 bridgehead atoms. The molecule has 0 fully saturated rings. The summed E-state index contributed by atoms with van der Waals surface area (Å²) in [5, 5.41) is 10.5. The van der Waals surface area contributed by atoms with Crippen LogP contribution in [0.25, 0.3) is 0 Å². The van der Waals surface area contributed by atoms with Crippen LogP contribution in [0.2, 0.25) is 36.3 Å². The van der Waals surface area contributed by atoms with Crippen molar-refractivity contribution in [3.8, 4) is 0 Å². The maximum Gasteiger partial charge on any atom is 0.192 e. The molecule has 0 amide bonds. The van der Waals surface area contributed by atoms with E-state index >= 15 is 0 Å². The van der Waals surface area contributed by atoms with Crippen LogP contribution in [-0.4, -0.2) is 46.3 Å². The SMILES string of the molecule is C[C@H](O[Si](C)(C)C(C)(C)C)[C@@H](O)CC(=O)CO[Si](C)(C)C(C)(C)C. The average molecular weight is 377 g/mol. The molecule has 1 N–H and O–H groups in total. The zero-order chi connectivity index (χ0) is 19.6. The minimum atomic E-state index is -1.95. The number of ketones is 1. The van der Waals surface area contributed by atoms with Crippen molar-refractivity contribution < 1.29 is 18.8 Å². The average Bonchev–Trinajstić information content (AvgIpc) is 2.33. The van der Waals surface area contributed by atoms with Crippen molar-refractivity contribution in [3.05, 3.63) is 0 Å². The Bertz CT molecular complexity index is 420. The van der Waals surface area contributed by atoms with E-state index in [1.165, 1.54) is 0 Å². The Kier molecular flexibility index (Phi) is 8.12. The van der Waals surface area contributed by atoms with Gasteiger partial charge in [0.2, 0.25) is 0 Å². The minimum absolute atomic E-state index is 0.0574. The molecule has 0 heterocycles. The molecule has 0 saturated carbocycles. The van der Waals surface area contributed by atoms with Gasteiger partial charge in [0, 0.05) is 6.42 Å². The first-order valence-electron chi connectivity index (χ1n) is 8.92. The molecule has 6 heteroatoms. The molecule has 0 aromatic carbocycles. The summed E-state index contributed by atoms with van der Waals surface area (Å²) < 4.78 is 12.1. The van der Waals surface area contributed by atoms with Gasteiger partial charge in [-0.25, -0.2) is 0 Å². The van der Waals surface area contributed by atoms with E-state index in [0.717, 1.165) is 0 Å². The number of Topliss-reactive ketones (excluding diaryl/α,β-unsaturated/α-hetero) is 1. The second-order valence-electron chi connectivity index (χ2n) is 9.94. The van der Waals surface area contributed by atoms with Gasteiger partial charge in [0.15, 0.2) is 22.4 Å².